The summed E-state index contributed by atoms with van der Waals surface area (Å²) in [4.78, 5) is 23.0. The lowest BCUT2D eigenvalue weighted by molar-refractivity contribution is -0.125. The molecule has 6 nitrogen and oxygen atoms in total. The molecule has 0 fully saturated rings. The van der Waals surface area contributed by atoms with Crippen LogP contribution in [-0.4, -0.2) is 45.7 Å². The Bertz CT molecular complexity index is 431. The van der Waals surface area contributed by atoms with Crippen molar-refractivity contribution in [3.8, 4) is 5.75 Å². The number of hydrogen-bond acceptors (Lipinski definition) is 4. The molecule has 20 heavy (non-hydrogen) atoms. The molecule has 6 heteroatoms. The van der Waals surface area contributed by atoms with Crippen LogP contribution in [0.3, 0.4) is 0 Å². The fourth-order valence-corrected chi connectivity index (χ4v) is 1.53. The van der Waals surface area contributed by atoms with Crippen LogP contribution in [-0.2, 0) is 20.7 Å². The van der Waals surface area contributed by atoms with Crippen LogP contribution in [0.2, 0.25) is 0 Å². The van der Waals surface area contributed by atoms with Gasteiger partial charge in [-0.25, -0.2) is 0 Å². The SMILES string of the molecule is COCCNC(=O)CNC(=O)Cc1ccc(OC)cc1. The number of methoxy groups -OCH3 is 2. The lowest BCUT2D eigenvalue weighted by atomic mass is 10.1. The molecule has 1 rings (SSSR count). The van der Waals surface area contributed by atoms with Crippen molar-refractivity contribution in [1.29, 1.82) is 0 Å². The molecule has 1 aromatic carbocycles. The zero-order chi connectivity index (χ0) is 14.8. The summed E-state index contributed by atoms with van der Waals surface area (Å²) in [5.41, 5.74) is 0.864. The van der Waals surface area contributed by atoms with Gasteiger partial charge in [0.25, 0.3) is 0 Å². The molecular weight excluding hydrogens is 260 g/mol. The molecule has 0 heterocycles. The van der Waals surface area contributed by atoms with Gasteiger partial charge in [-0.1, -0.05) is 12.1 Å². The molecule has 0 atom stereocenters. The smallest absolute Gasteiger partial charge is 0.239 e. The molecule has 2 N–H and O–H groups in total. The number of amides is 2. The van der Waals surface area contributed by atoms with E-state index in [0.29, 0.717) is 13.2 Å². The molecule has 1 aromatic rings. The van der Waals surface area contributed by atoms with E-state index in [-0.39, 0.29) is 24.8 Å². The van der Waals surface area contributed by atoms with Crippen molar-refractivity contribution < 1.29 is 19.1 Å². The number of carbonyl (C=O) groups is 2. The van der Waals surface area contributed by atoms with Crippen LogP contribution in [0, 0.1) is 0 Å². The Hall–Kier alpha value is -2.08. The van der Waals surface area contributed by atoms with Crippen molar-refractivity contribution in [3.05, 3.63) is 29.8 Å². The highest BCUT2D eigenvalue weighted by molar-refractivity contribution is 5.85. The Morgan fingerprint density at radius 3 is 2.35 bits per heavy atom. The monoisotopic (exact) mass is 280 g/mol. The van der Waals surface area contributed by atoms with Gasteiger partial charge in [-0.05, 0) is 17.7 Å². The molecule has 0 aromatic heterocycles. The topological polar surface area (TPSA) is 76.7 Å². The van der Waals surface area contributed by atoms with Crippen LogP contribution in [0.1, 0.15) is 5.56 Å². The molecule has 0 saturated carbocycles. The summed E-state index contributed by atoms with van der Waals surface area (Å²) in [5, 5.41) is 5.19. The first-order valence-corrected chi connectivity index (χ1v) is 6.31. The first-order chi connectivity index (χ1) is 9.65. The second-order valence-corrected chi connectivity index (χ2v) is 4.14. The zero-order valence-corrected chi connectivity index (χ0v) is 11.8. The van der Waals surface area contributed by atoms with Gasteiger partial charge >= 0.3 is 0 Å². The highest BCUT2D eigenvalue weighted by Crippen LogP contribution is 2.11. The second-order valence-electron chi connectivity index (χ2n) is 4.14. The van der Waals surface area contributed by atoms with Crippen LogP contribution < -0.4 is 15.4 Å². The van der Waals surface area contributed by atoms with Crippen LogP contribution in [0.15, 0.2) is 24.3 Å². The Morgan fingerprint density at radius 1 is 1.05 bits per heavy atom. The number of nitrogens with one attached hydrogen (secondary N) is 2. The predicted molar refractivity (Wildman–Crippen MR) is 74.6 cm³/mol. The summed E-state index contributed by atoms with van der Waals surface area (Å²) < 4.78 is 9.84. The lowest BCUT2D eigenvalue weighted by Gasteiger charge is -2.07. The zero-order valence-electron chi connectivity index (χ0n) is 11.8. The Balaban J connectivity index is 2.27. The fraction of sp³-hybridized carbons (Fsp3) is 0.429. The lowest BCUT2D eigenvalue weighted by Crippen LogP contribution is -2.38. The molecule has 0 saturated heterocycles. The van der Waals surface area contributed by atoms with E-state index in [2.05, 4.69) is 10.6 Å². The van der Waals surface area contributed by atoms with E-state index in [1.165, 1.54) is 0 Å². The fourth-order valence-electron chi connectivity index (χ4n) is 1.53. The van der Waals surface area contributed by atoms with E-state index in [1.54, 1.807) is 26.4 Å². The van der Waals surface area contributed by atoms with Crippen molar-refractivity contribution in [3.63, 3.8) is 0 Å². The standard InChI is InChI=1S/C14H20N2O4/c1-19-8-7-15-14(18)10-16-13(17)9-11-3-5-12(20-2)6-4-11/h3-6H,7-10H2,1-2H3,(H,15,18)(H,16,17). The van der Waals surface area contributed by atoms with Gasteiger partial charge in [0.05, 0.1) is 26.7 Å². The number of rotatable bonds is 8. The average molecular weight is 280 g/mol. The Kier molecular flexibility index (Phi) is 7.13. The van der Waals surface area contributed by atoms with E-state index >= 15 is 0 Å². The van der Waals surface area contributed by atoms with Crippen LogP contribution >= 0.6 is 0 Å². The maximum absolute atomic E-state index is 11.7. The van der Waals surface area contributed by atoms with Crippen LogP contribution in [0.25, 0.3) is 0 Å². The van der Waals surface area contributed by atoms with Crippen molar-refractivity contribution in [2.75, 3.05) is 33.9 Å². The Morgan fingerprint density at radius 2 is 1.75 bits per heavy atom. The minimum absolute atomic E-state index is 0.0291. The van der Waals surface area contributed by atoms with E-state index < -0.39 is 0 Å². The second kappa shape index (κ2) is 8.92. The van der Waals surface area contributed by atoms with E-state index in [1.807, 2.05) is 12.1 Å². The highest BCUT2D eigenvalue weighted by Gasteiger charge is 2.06. The van der Waals surface area contributed by atoms with Crippen LogP contribution in [0.4, 0.5) is 0 Å². The average Bonchev–Trinajstić information content (AvgIpc) is 2.46. The van der Waals surface area contributed by atoms with Gasteiger partial charge in [-0.15, -0.1) is 0 Å². The largest absolute Gasteiger partial charge is 0.497 e. The molecule has 0 unspecified atom stereocenters. The van der Waals surface area contributed by atoms with Crippen molar-refractivity contribution in [2.24, 2.45) is 0 Å². The van der Waals surface area contributed by atoms with E-state index in [0.717, 1.165) is 11.3 Å². The summed E-state index contributed by atoms with van der Waals surface area (Å²) >= 11 is 0. The predicted octanol–water partition coefficient (Wildman–Crippen LogP) is 0.117. The molecule has 0 aliphatic heterocycles. The van der Waals surface area contributed by atoms with Gasteiger partial charge < -0.3 is 20.1 Å². The number of carbonyl (C=O) groups excluding carboxylic acids is 2. The minimum Gasteiger partial charge on any atom is -0.497 e. The number of hydrogen-bond donors (Lipinski definition) is 2. The third-order valence-corrected chi connectivity index (χ3v) is 2.60. The molecule has 0 spiro atoms. The third kappa shape index (κ3) is 6.19. The van der Waals surface area contributed by atoms with Crippen LogP contribution in [0.5, 0.6) is 5.75 Å². The number of ether oxygens (including phenoxy) is 2. The van der Waals surface area contributed by atoms with Gasteiger partial charge in [0.15, 0.2) is 0 Å². The molecule has 0 aliphatic rings. The highest BCUT2D eigenvalue weighted by atomic mass is 16.5. The summed E-state index contributed by atoms with van der Waals surface area (Å²) in [6.45, 7) is 0.855. The van der Waals surface area contributed by atoms with Crippen molar-refractivity contribution >= 4 is 11.8 Å². The first kappa shape index (κ1) is 16.0. The maximum atomic E-state index is 11.7. The molecule has 110 valence electrons. The molecular formula is C14H20N2O4. The summed E-state index contributed by atoms with van der Waals surface area (Å²) in [6.07, 6.45) is 0.231. The van der Waals surface area contributed by atoms with Gasteiger partial charge in [0.1, 0.15) is 5.75 Å². The van der Waals surface area contributed by atoms with Gasteiger partial charge in [-0.2, -0.15) is 0 Å². The summed E-state index contributed by atoms with van der Waals surface area (Å²) in [7, 11) is 3.15. The van der Waals surface area contributed by atoms with Gasteiger partial charge in [-0.3, -0.25) is 9.59 Å². The van der Waals surface area contributed by atoms with E-state index in [4.69, 9.17) is 9.47 Å². The van der Waals surface area contributed by atoms with Gasteiger partial charge in [0.2, 0.25) is 11.8 Å². The van der Waals surface area contributed by atoms with Gasteiger partial charge in [0, 0.05) is 13.7 Å². The number of benzene rings is 1. The molecule has 0 bridgehead atoms. The summed E-state index contributed by atoms with van der Waals surface area (Å²) in [5.74, 6) is 0.314. The quantitative estimate of drug-likeness (QED) is 0.663. The van der Waals surface area contributed by atoms with E-state index in [9.17, 15) is 9.59 Å². The summed E-state index contributed by atoms with van der Waals surface area (Å²) in [6, 6.07) is 7.22. The normalized spacial score (nSPS) is 9.90. The van der Waals surface area contributed by atoms with Crippen molar-refractivity contribution in [1.82, 2.24) is 10.6 Å². The molecule has 0 aliphatic carbocycles. The maximum Gasteiger partial charge on any atom is 0.239 e. The van der Waals surface area contributed by atoms with Crippen molar-refractivity contribution in [2.45, 2.75) is 6.42 Å². The molecule has 2 amide bonds. The molecule has 0 radical (unpaired) electrons. The third-order valence-electron chi connectivity index (χ3n) is 2.60. The Labute approximate surface area is 118 Å². The minimum atomic E-state index is -0.231. The first-order valence-electron chi connectivity index (χ1n) is 6.31.